The average molecular weight is 777 g/mol. The zero-order chi connectivity index (χ0) is 38.3. The zero-order valence-corrected chi connectivity index (χ0v) is 31.4. The van der Waals surface area contributed by atoms with Crippen LogP contribution in [0.1, 0.15) is 52.1 Å². The first kappa shape index (κ1) is 36.0. The summed E-state index contributed by atoms with van der Waals surface area (Å²) in [6, 6.07) is 12.6. The summed E-state index contributed by atoms with van der Waals surface area (Å²) in [4.78, 5) is 71.0. The maximum absolute atomic E-state index is 13.3. The molecule has 2 atom stereocenters. The van der Waals surface area contributed by atoms with Gasteiger partial charge in [0.15, 0.2) is 0 Å². The van der Waals surface area contributed by atoms with Gasteiger partial charge in [-0.3, -0.25) is 39.0 Å². The van der Waals surface area contributed by atoms with Crippen molar-refractivity contribution in [2.24, 2.45) is 0 Å². The number of para-hydroxylation sites is 1. The number of aromatic nitrogens is 6. The fourth-order valence-electron chi connectivity index (χ4n) is 8.25. The molecule has 0 bridgehead atoms. The van der Waals surface area contributed by atoms with E-state index in [1.54, 1.807) is 18.3 Å². The molecular weight excluding hydrogens is 736 g/mol. The number of carbonyl (C=O) groups is 4. The molecule has 3 saturated heterocycles. The Bertz CT molecular complexity index is 2340. The molecule has 0 radical (unpaired) electrons. The third-order valence-electron chi connectivity index (χ3n) is 11.2. The molecule has 0 aliphatic carbocycles. The van der Waals surface area contributed by atoms with E-state index in [2.05, 4.69) is 51.7 Å². The number of carbonyl (C=O) groups excluding carboxylic acids is 4. The van der Waals surface area contributed by atoms with Crippen LogP contribution in [0.3, 0.4) is 0 Å². The highest BCUT2D eigenvalue weighted by atomic mass is 35.5. The summed E-state index contributed by atoms with van der Waals surface area (Å²) in [5.41, 5.74) is 5.06. The number of halogens is 1. The van der Waals surface area contributed by atoms with Crippen LogP contribution < -0.4 is 15.5 Å². The number of aromatic amines is 1. The number of H-pyrrole nitrogens is 1. The predicted molar refractivity (Wildman–Crippen MR) is 208 cm³/mol. The second-order valence-corrected chi connectivity index (χ2v) is 15.2. The largest absolute Gasteiger partial charge is 0.369 e. The van der Waals surface area contributed by atoms with Gasteiger partial charge in [0.05, 0.1) is 33.7 Å². The van der Waals surface area contributed by atoms with Crippen molar-refractivity contribution in [3.8, 4) is 11.3 Å². The lowest BCUT2D eigenvalue weighted by Crippen LogP contribution is -2.54. The normalized spacial score (nSPS) is 20.7. The Balaban J connectivity index is 0.720. The molecule has 17 heteroatoms. The summed E-state index contributed by atoms with van der Waals surface area (Å²) in [5, 5.41) is 16.2. The summed E-state index contributed by atoms with van der Waals surface area (Å²) in [6.45, 7) is 7.42. The minimum atomic E-state index is -0.977. The van der Waals surface area contributed by atoms with Crippen molar-refractivity contribution in [1.29, 1.82) is 0 Å². The first-order chi connectivity index (χ1) is 27.3. The molecule has 4 aliphatic rings. The molecule has 3 fully saturated rings. The lowest BCUT2D eigenvalue weighted by molar-refractivity contribution is -0.136. The smallest absolute Gasteiger partial charge is 0.262 e. The summed E-state index contributed by atoms with van der Waals surface area (Å²) in [6.07, 6.45) is 7.82. The molecule has 3 aromatic heterocycles. The molecule has 5 aromatic rings. The summed E-state index contributed by atoms with van der Waals surface area (Å²) in [7, 11) is 0. The van der Waals surface area contributed by atoms with Gasteiger partial charge in [-0.25, -0.2) is 9.97 Å². The highest BCUT2D eigenvalue weighted by Gasteiger charge is 2.44. The molecule has 4 aliphatic heterocycles. The van der Waals surface area contributed by atoms with Crippen molar-refractivity contribution in [3.63, 3.8) is 0 Å². The molecule has 288 valence electrons. The van der Waals surface area contributed by atoms with E-state index in [-0.39, 0.29) is 24.4 Å². The van der Waals surface area contributed by atoms with E-state index in [0.717, 1.165) is 97.9 Å². The molecule has 9 rings (SSSR count). The van der Waals surface area contributed by atoms with Gasteiger partial charge in [-0.1, -0.05) is 35.0 Å². The van der Waals surface area contributed by atoms with Crippen molar-refractivity contribution in [3.05, 3.63) is 82.9 Å². The third-order valence-corrected chi connectivity index (χ3v) is 11.5. The molecule has 56 heavy (non-hydrogen) atoms. The molecule has 2 aromatic carbocycles. The Hall–Kier alpha value is -5.71. The third kappa shape index (κ3) is 7.10. The van der Waals surface area contributed by atoms with Gasteiger partial charge in [-0.15, -0.1) is 5.10 Å². The van der Waals surface area contributed by atoms with Gasteiger partial charge >= 0.3 is 0 Å². The Labute approximate surface area is 327 Å². The summed E-state index contributed by atoms with van der Waals surface area (Å²) in [5.74, 6) is -1.42. The monoisotopic (exact) mass is 776 g/mol. The number of hydrogen-bond acceptors (Lipinski definition) is 12. The zero-order valence-electron chi connectivity index (χ0n) is 30.7. The number of nitrogens with zero attached hydrogens (tertiary/aromatic N) is 9. The Morgan fingerprint density at radius 2 is 1.73 bits per heavy atom. The van der Waals surface area contributed by atoms with Gasteiger partial charge in [0.1, 0.15) is 6.04 Å². The van der Waals surface area contributed by atoms with Gasteiger partial charge in [-0.2, -0.15) is 0 Å². The molecule has 4 amide bonds. The van der Waals surface area contributed by atoms with Crippen LogP contribution in [-0.2, 0) is 22.7 Å². The number of anilines is 2. The van der Waals surface area contributed by atoms with Crippen LogP contribution in [0.25, 0.3) is 22.2 Å². The lowest BCUT2D eigenvalue weighted by Gasteiger charge is -2.35. The number of fused-ring (bicyclic) bond motifs is 2. The summed E-state index contributed by atoms with van der Waals surface area (Å²) >= 11 is 6.54. The van der Waals surface area contributed by atoms with Crippen molar-refractivity contribution in [1.82, 2.24) is 50.0 Å². The van der Waals surface area contributed by atoms with Crippen LogP contribution in [0.2, 0.25) is 5.02 Å². The maximum atomic E-state index is 13.3. The lowest BCUT2D eigenvalue weighted by atomic mass is 10.0. The molecule has 0 spiro atoms. The van der Waals surface area contributed by atoms with E-state index in [4.69, 9.17) is 16.6 Å². The quantitative estimate of drug-likeness (QED) is 0.167. The number of amides is 4. The molecule has 16 nitrogen and oxygen atoms in total. The first-order valence-corrected chi connectivity index (χ1v) is 19.4. The fraction of sp³-hybridized carbons (Fsp3) is 0.385. The number of imide groups is 2. The van der Waals surface area contributed by atoms with E-state index < -0.39 is 29.7 Å². The van der Waals surface area contributed by atoms with E-state index in [9.17, 15) is 19.2 Å². The fourth-order valence-corrected chi connectivity index (χ4v) is 8.45. The molecule has 1 unspecified atom stereocenters. The molecule has 7 heterocycles. The van der Waals surface area contributed by atoms with Crippen molar-refractivity contribution < 1.29 is 19.2 Å². The second kappa shape index (κ2) is 15.1. The van der Waals surface area contributed by atoms with E-state index >= 15 is 0 Å². The number of piperidine rings is 1. The number of likely N-dealkylation sites (tertiary alicyclic amines) is 1. The van der Waals surface area contributed by atoms with Crippen molar-refractivity contribution in [2.75, 3.05) is 56.0 Å². The van der Waals surface area contributed by atoms with Crippen LogP contribution in [-0.4, -0.2) is 126 Å². The average Bonchev–Trinajstić information content (AvgIpc) is 4.00. The van der Waals surface area contributed by atoms with Gasteiger partial charge in [0.2, 0.25) is 17.8 Å². The van der Waals surface area contributed by atoms with Crippen LogP contribution in [0, 0.1) is 0 Å². The Kier molecular flexibility index (Phi) is 9.69. The van der Waals surface area contributed by atoms with Crippen molar-refractivity contribution >= 4 is 57.8 Å². The number of benzene rings is 2. The summed E-state index contributed by atoms with van der Waals surface area (Å²) < 4.78 is 1.92. The Morgan fingerprint density at radius 1 is 0.893 bits per heavy atom. The number of hydrogen-bond donors (Lipinski definition) is 3. The van der Waals surface area contributed by atoms with E-state index in [1.165, 1.54) is 0 Å². The van der Waals surface area contributed by atoms with Gasteiger partial charge in [0, 0.05) is 99.4 Å². The SMILES string of the molecule is O=C1CCC(N2C(=O)c3ccc(N4CCN(Cc5cn(CCCN6CC[C@@H](Nc7ncc(Cl)c(-c8c[nH]c9ccccc89)n7)C6)nn5)CC4)cc3C2=O)C(=O)N1. The van der Waals surface area contributed by atoms with Crippen LogP contribution in [0.5, 0.6) is 0 Å². The van der Waals surface area contributed by atoms with E-state index in [0.29, 0.717) is 28.8 Å². The van der Waals surface area contributed by atoms with Gasteiger partial charge in [0.25, 0.3) is 11.8 Å². The number of nitrogens with one attached hydrogen (secondary N) is 3. The van der Waals surface area contributed by atoms with Gasteiger partial charge in [-0.05, 0) is 50.1 Å². The number of rotatable bonds is 11. The first-order valence-electron chi connectivity index (χ1n) is 19.1. The van der Waals surface area contributed by atoms with Crippen LogP contribution in [0.4, 0.5) is 11.6 Å². The minimum Gasteiger partial charge on any atom is -0.369 e. The minimum absolute atomic E-state index is 0.0897. The van der Waals surface area contributed by atoms with Crippen LogP contribution in [0.15, 0.2) is 61.1 Å². The highest BCUT2D eigenvalue weighted by molar-refractivity contribution is 6.33. The van der Waals surface area contributed by atoms with Crippen LogP contribution >= 0.6 is 11.6 Å². The molecular formula is C39H41ClN12O4. The van der Waals surface area contributed by atoms with Gasteiger partial charge < -0.3 is 20.1 Å². The van der Waals surface area contributed by atoms with Crippen molar-refractivity contribution in [2.45, 2.75) is 50.9 Å². The van der Waals surface area contributed by atoms with E-state index in [1.807, 2.05) is 41.3 Å². The Morgan fingerprint density at radius 3 is 2.59 bits per heavy atom. The molecule has 0 saturated carbocycles. The molecule has 3 N–H and O–H groups in total. The maximum Gasteiger partial charge on any atom is 0.262 e. The number of piperazine rings is 1. The predicted octanol–water partition coefficient (Wildman–Crippen LogP) is 3.17. The number of aryl methyl sites for hydroxylation is 1. The topological polar surface area (TPSA) is 178 Å². The highest BCUT2D eigenvalue weighted by Crippen LogP contribution is 2.33. The standard InChI is InChI=1S/C39H41ClN12O4/c40-31-20-42-39(45-35(31)30-19-41-32-5-2-1-4-27(30)32)43-24-10-13-48(21-24)11-3-12-51-23-25(46-47-51)22-49-14-16-50(17-15-49)26-6-7-28-29(18-26)38(56)52(37(28)55)33-8-9-34(53)44-36(33)54/h1-2,4-7,18-20,23-24,33,41H,3,8-17,21-22H2,(H,42,43,45)(H,44,53,54)/t24-,33?/m1/s1. The second-order valence-electron chi connectivity index (χ2n) is 14.8.